The van der Waals surface area contributed by atoms with Crippen LogP contribution >= 0.6 is 0 Å². The number of hydrogen-bond donors (Lipinski definition) is 1. The van der Waals surface area contributed by atoms with Gasteiger partial charge in [-0.05, 0) is 148 Å². The van der Waals surface area contributed by atoms with Crippen molar-refractivity contribution >= 4 is 62.3 Å². The molecule has 318 valence electrons. The molecule has 66 heavy (non-hydrogen) atoms. The van der Waals surface area contributed by atoms with Gasteiger partial charge in [-0.1, -0.05) is 171 Å². The molecule has 0 fully saturated rings. The number of benzene rings is 9. The Bertz CT molecular complexity index is 3150. The molecule has 2 aliphatic rings. The van der Waals surface area contributed by atoms with Gasteiger partial charge in [0.1, 0.15) is 0 Å². The molecule has 11 rings (SSSR count). The molecule has 2 aliphatic carbocycles. The Labute approximate surface area is 389 Å². The van der Waals surface area contributed by atoms with Crippen molar-refractivity contribution in [3.05, 3.63) is 259 Å². The molecule has 0 aliphatic heterocycles. The summed E-state index contributed by atoms with van der Waals surface area (Å²) >= 11 is 0. The Balaban J connectivity index is 0.917. The number of para-hydroxylation sites is 2. The number of rotatable bonds is 11. The van der Waals surface area contributed by atoms with Crippen molar-refractivity contribution in [3.8, 4) is 22.3 Å². The standard InChI is InChI=1S/C63H51N3/c1-45-17-11-12-24-57(45)62-60-27-15-13-25-58(60)59-26-14-16-28-61(59)63(62)64-50-35-29-47(30-36-50)49-33-39-54(40-34-49)66(53-37-31-48(32-38-53)46-18-5-2-6-19-46)56-43-41-55(42-44-56)65(51-20-7-3-8-21-51)52-22-9-4-10-23-52/h2-12,14-24,26-45,57,64H,13,25H2,1H3. The molecule has 9 aromatic carbocycles. The van der Waals surface area contributed by atoms with E-state index in [1.807, 2.05) is 0 Å². The molecule has 0 bridgehead atoms. The van der Waals surface area contributed by atoms with Crippen LogP contribution in [0.1, 0.15) is 36.0 Å². The Hall–Kier alpha value is -8.14. The molecule has 0 saturated carbocycles. The summed E-state index contributed by atoms with van der Waals surface area (Å²) < 4.78 is 0. The lowest BCUT2D eigenvalue weighted by molar-refractivity contribution is 0.635. The summed E-state index contributed by atoms with van der Waals surface area (Å²) in [4.78, 5) is 4.65. The highest BCUT2D eigenvalue weighted by Crippen LogP contribution is 2.46. The molecule has 0 aromatic heterocycles. The Morgan fingerprint density at radius 1 is 0.424 bits per heavy atom. The number of hydrogen-bond acceptors (Lipinski definition) is 3. The molecule has 2 atom stereocenters. The first-order valence-electron chi connectivity index (χ1n) is 23.2. The summed E-state index contributed by atoms with van der Waals surface area (Å²) in [5, 5.41) is 6.60. The molecule has 3 nitrogen and oxygen atoms in total. The fourth-order valence-corrected chi connectivity index (χ4v) is 9.92. The first kappa shape index (κ1) is 40.6. The van der Waals surface area contributed by atoms with Crippen LogP contribution in [0.15, 0.2) is 243 Å². The van der Waals surface area contributed by atoms with Gasteiger partial charge in [-0.2, -0.15) is 0 Å². The Morgan fingerprint density at radius 3 is 1.38 bits per heavy atom. The lowest BCUT2D eigenvalue weighted by atomic mass is 9.76. The van der Waals surface area contributed by atoms with E-state index in [1.165, 1.54) is 55.4 Å². The molecular weight excluding hydrogens is 799 g/mol. The normalized spacial score (nSPS) is 15.0. The first-order chi connectivity index (χ1) is 32.7. The van der Waals surface area contributed by atoms with Crippen molar-refractivity contribution in [3.63, 3.8) is 0 Å². The number of anilines is 8. The van der Waals surface area contributed by atoms with Gasteiger partial charge in [0.2, 0.25) is 0 Å². The van der Waals surface area contributed by atoms with Gasteiger partial charge in [0.15, 0.2) is 0 Å². The summed E-state index contributed by atoms with van der Waals surface area (Å²) in [5.41, 5.74) is 17.8. The minimum atomic E-state index is 0.286. The van der Waals surface area contributed by atoms with E-state index in [-0.39, 0.29) is 5.92 Å². The molecule has 0 spiro atoms. The van der Waals surface area contributed by atoms with Crippen molar-refractivity contribution in [2.45, 2.75) is 25.7 Å². The fraction of sp³-hybridized carbons (Fsp3) is 0.0794. The second-order valence-corrected chi connectivity index (χ2v) is 17.3. The smallest absolute Gasteiger partial charge is 0.0508 e. The average molecular weight is 850 g/mol. The highest BCUT2D eigenvalue weighted by Gasteiger charge is 2.27. The van der Waals surface area contributed by atoms with Crippen molar-refractivity contribution in [1.82, 2.24) is 0 Å². The second kappa shape index (κ2) is 18.2. The predicted molar refractivity (Wildman–Crippen MR) is 281 cm³/mol. The van der Waals surface area contributed by atoms with Crippen molar-refractivity contribution in [2.24, 2.45) is 5.92 Å². The quantitative estimate of drug-likeness (QED) is 0.140. The summed E-state index contributed by atoms with van der Waals surface area (Å²) in [6, 6.07) is 76.4. The monoisotopic (exact) mass is 849 g/mol. The Morgan fingerprint density at radius 2 is 0.848 bits per heavy atom. The number of nitrogens with zero attached hydrogens (tertiary/aromatic N) is 2. The van der Waals surface area contributed by atoms with Crippen LogP contribution in [0.2, 0.25) is 0 Å². The van der Waals surface area contributed by atoms with Crippen LogP contribution in [-0.4, -0.2) is 0 Å². The molecule has 0 radical (unpaired) electrons. The molecule has 0 saturated heterocycles. The SMILES string of the molecule is CC1C=CC=CC1c1c2c(c3ccccc3c1Nc1ccc(-c3ccc(N(c4ccc(-c5ccccc5)cc4)c4ccc(N(c5ccccc5)c5ccccc5)cc4)cc3)cc1)CCC=C2. The summed E-state index contributed by atoms with van der Waals surface area (Å²) in [6.07, 6.45) is 16.0. The molecule has 2 unspecified atom stereocenters. The van der Waals surface area contributed by atoms with E-state index in [2.05, 4.69) is 271 Å². The third kappa shape index (κ3) is 8.01. The summed E-state index contributed by atoms with van der Waals surface area (Å²) in [5.74, 6) is 0.684. The van der Waals surface area contributed by atoms with Gasteiger partial charge in [0.05, 0.1) is 5.69 Å². The second-order valence-electron chi connectivity index (χ2n) is 17.3. The van der Waals surface area contributed by atoms with Crippen molar-refractivity contribution in [2.75, 3.05) is 15.1 Å². The van der Waals surface area contributed by atoms with E-state index < -0.39 is 0 Å². The van der Waals surface area contributed by atoms with Gasteiger partial charge >= 0.3 is 0 Å². The summed E-state index contributed by atoms with van der Waals surface area (Å²) in [7, 11) is 0. The lowest BCUT2D eigenvalue weighted by Crippen LogP contribution is -2.14. The van der Waals surface area contributed by atoms with Gasteiger partial charge in [-0.3, -0.25) is 0 Å². The molecular formula is C63H51N3. The maximum absolute atomic E-state index is 3.96. The van der Waals surface area contributed by atoms with E-state index >= 15 is 0 Å². The maximum Gasteiger partial charge on any atom is 0.0508 e. The minimum absolute atomic E-state index is 0.286. The molecule has 3 heteroatoms. The number of nitrogens with one attached hydrogen (secondary N) is 1. The zero-order chi connectivity index (χ0) is 44.2. The number of aryl methyl sites for hydroxylation is 1. The van der Waals surface area contributed by atoms with E-state index in [0.717, 1.165) is 52.7 Å². The average Bonchev–Trinajstić information content (AvgIpc) is 3.39. The molecule has 0 amide bonds. The van der Waals surface area contributed by atoms with Crippen LogP contribution in [0.5, 0.6) is 0 Å². The van der Waals surface area contributed by atoms with Gasteiger partial charge in [-0.25, -0.2) is 0 Å². The van der Waals surface area contributed by atoms with Crippen LogP contribution in [0.25, 0.3) is 39.1 Å². The Kier molecular flexibility index (Phi) is 11.2. The van der Waals surface area contributed by atoms with Crippen LogP contribution in [0.3, 0.4) is 0 Å². The van der Waals surface area contributed by atoms with Crippen LogP contribution in [0.4, 0.5) is 45.5 Å². The van der Waals surface area contributed by atoms with Gasteiger partial charge in [0, 0.05) is 51.1 Å². The van der Waals surface area contributed by atoms with Crippen molar-refractivity contribution in [1.29, 1.82) is 0 Å². The van der Waals surface area contributed by atoms with Gasteiger partial charge < -0.3 is 15.1 Å². The third-order valence-electron chi connectivity index (χ3n) is 13.2. The maximum atomic E-state index is 3.96. The van der Waals surface area contributed by atoms with Gasteiger partial charge in [0.25, 0.3) is 0 Å². The minimum Gasteiger partial charge on any atom is -0.355 e. The fourth-order valence-electron chi connectivity index (χ4n) is 9.92. The third-order valence-corrected chi connectivity index (χ3v) is 13.2. The largest absolute Gasteiger partial charge is 0.355 e. The van der Waals surface area contributed by atoms with E-state index in [1.54, 1.807) is 0 Å². The van der Waals surface area contributed by atoms with Crippen molar-refractivity contribution < 1.29 is 0 Å². The topological polar surface area (TPSA) is 18.5 Å². The summed E-state index contributed by atoms with van der Waals surface area (Å²) in [6.45, 7) is 2.34. The van der Waals surface area contributed by atoms with Crippen LogP contribution in [0, 0.1) is 5.92 Å². The molecule has 1 N–H and O–H groups in total. The highest BCUT2D eigenvalue weighted by atomic mass is 15.2. The zero-order valence-electron chi connectivity index (χ0n) is 37.1. The lowest BCUT2D eigenvalue weighted by Gasteiger charge is -2.30. The number of fused-ring (bicyclic) bond motifs is 3. The van der Waals surface area contributed by atoms with Crippen LogP contribution in [-0.2, 0) is 6.42 Å². The predicted octanol–water partition coefficient (Wildman–Crippen LogP) is 17.7. The van der Waals surface area contributed by atoms with E-state index in [4.69, 9.17) is 0 Å². The first-order valence-corrected chi connectivity index (χ1v) is 23.2. The molecule has 9 aromatic rings. The molecule has 0 heterocycles. The van der Waals surface area contributed by atoms with E-state index in [0.29, 0.717) is 5.92 Å². The number of allylic oxidation sites excluding steroid dienone is 5. The zero-order valence-corrected chi connectivity index (χ0v) is 37.1. The van der Waals surface area contributed by atoms with Gasteiger partial charge in [-0.15, -0.1) is 0 Å². The highest BCUT2D eigenvalue weighted by molar-refractivity contribution is 6.03. The van der Waals surface area contributed by atoms with Crippen LogP contribution < -0.4 is 15.1 Å². The van der Waals surface area contributed by atoms with E-state index in [9.17, 15) is 0 Å².